The van der Waals surface area contributed by atoms with Gasteiger partial charge >= 0.3 is 0 Å². The van der Waals surface area contributed by atoms with Crippen LogP contribution in [0.3, 0.4) is 0 Å². The first-order valence-corrected chi connectivity index (χ1v) is 9.86. The number of hydrogen-bond donors (Lipinski definition) is 0. The lowest BCUT2D eigenvalue weighted by Gasteiger charge is -2.25. The lowest BCUT2D eigenvalue weighted by Crippen LogP contribution is -2.32. The van der Waals surface area contributed by atoms with Crippen molar-refractivity contribution in [3.8, 4) is 0 Å². The molecule has 1 aliphatic rings. The van der Waals surface area contributed by atoms with Gasteiger partial charge in [-0.1, -0.05) is 31.2 Å². The van der Waals surface area contributed by atoms with Gasteiger partial charge in [0, 0.05) is 30.7 Å². The van der Waals surface area contributed by atoms with Crippen molar-refractivity contribution in [1.82, 2.24) is 9.80 Å². The summed E-state index contributed by atoms with van der Waals surface area (Å²) in [5.41, 5.74) is 2.75. The quantitative estimate of drug-likeness (QED) is 0.664. The smallest absolute Gasteiger partial charge is 0.254 e. The van der Waals surface area contributed by atoms with E-state index in [4.69, 9.17) is 0 Å². The molecule has 0 bridgehead atoms. The third kappa shape index (κ3) is 5.16. The molecule has 2 aromatic carbocycles. The highest BCUT2D eigenvalue weighted by Gasteiger charge is 2.33. The van der Waals surface area contributed by atoms with Gasteiger partial charge in [0.05, 0.1) is 0 Å². The van der Waals surface area contributed by atoms with E-state index in [1.807, 2.05) is 35.2 Å². The summed E-state index contributed by atoms with van der Waals surface area (Å²) in [5, 5.41) is 0. The van der Waals surface area contributed by atoms with Gasteiger partial charge in [-0.05, 0) is 68.6 Å². The Morgan fingerprint density at radius 3 is 2.33 bits per heavy atom. The van der Waals surface area contributed by atoms with Crippen LogP contribution in [0.15, 0.2) is 48.5 Å². The lowest BCUT2D eigenvalue weighted by molar-refractivity contribution is 0.0729. The second-order valence-electron chi connectivity index (χ2n) is 7.65. The van der Waals surface area contributed by atoms with Crippen molar-refractivity contribution in [2.75, 3.05) is 6.54 Å². The summed E-state index contributed by atoms with van der Waals surface area (Å²) in [6.07, 6.45) is 2.05. The third-order valence-electron chi connectivity index (χ3n) is 5.21. The van der Waals surface area contributed by atoms with Crippen molar-refractivity contribution in [3.63, 3.8) is 0 Å². The average molecular weight is 368 g/mol. The first kappa shape index (κ1) is 19.6. The van der Waals surface area contributed by atoms with E-state index in [1.165, 1.54) is 17.7 Å². The molecule has 4 heteroatoms. The summed E-state index contributed by atoms with van der Waals surface area (Å²) >= 11 is 0. The van der Waals surface area contributed by atoms with Gasteiger partial charge in [0.2, 0.25) is 0 Å². The predicted molar refractivity (Wildman–Crippen MR) is 107 cm³/mol. The van der Waals surface area contributed by atoms with Gasteiger partial charge in [-0.3, -0.25) is 9.69 Å². The van der Waals surface area contributed by atoms with E-state index in [0.29, 0.717) is 18.2 Å². The van der Waals surface area contributed by atoms with Crippen LogP contribution in [0, 0.1) is 5.82 Å². The van der Waals surface area contributed by atoms with E-state index in [-0.39, 0.29) is 17.8 Å². The van der Waals surface area contributed by atoms with Crippen LogP contribution < -0.4 is 0 Å². The Bertz CT molecular complexity index is 768. The molecule has 0 spiro atoms. The zero-order valence-electron chi connectivity index (χ0n) is 16.5. The normalized spacial score (nSPS) is 14.0. The molecule has 0 aromatic heterocycles. The van der Waals surface area contributed by atoms with E-state index < -0.39 is 0 Å². The Morgan fingerprint density at radius 1 is 1.07 bits per heavy atom. The van der Waals surface area contributed by atoms with Crippen molar-refractivity contribution < 1.29 is 9.18 Å². The SMILES string of the molecule is CCN(Cc1ccc(C(=O)N(Cc2cccc(F)c2)C2CC2)cc1)C(C)C. The molecule has 0 unspecified atom stereocenters. The van der Waals surface area contributed by atoms with E-state index in [2.05, 4.69) is 25.7 Å². The molecule has 1 aliphatic carbocycles. The van der Waals surface area contributed by atoms with Crippen LogP contribution in [0.4, 0.5) is 4.39 Å². The van der Waals surface area contributed by atoms with Crippen molar-refractivity contribution in [1.29, 1.82) is 0 Å². The van der Waals surface area contributed by atoms with Gasteiger partial charge in [0.25, 0.3) is 5.91 Å². The maximum atomic E-state index is 13.5. The monoisotopic (exact) mass is 368 g/mol. The van der Waals surface area contributed by atoms with Gasteiger partial charge in [-0.15, -0.1) is 0 Å². The Kier molecular flexibility index (Phi) is 6.27. The van der Waals surface area contributed by atoms with Gasteiger partial charge in [0.1, 0.15) is 5.82 Å². The number of amides is 1. The lowest BCUT2D eigenvalue weighted by atomic mass is 10.1. The van der Waals surface area contributed by atoms with Crippen molar-refractivity contribution >= 4 is 5.91 Å². The molecule has 2 aromatic rings. The molecular formula is C23H29FN2O. The molecule has 1 fully saturated rings. The number of benzene rings is 2. The van der Waals surface area contributed by atoms with Crippen LogP contribution in [-0.2, 0) is 13.1 Å². The van der Waals surface area contributed by atoms with Gasteiger partial charge in [0.15, 0.2) is 0 Å². The van der Waals surface area contributed by atoms with Gasteiger partial charge in [-0.25, -0.2) is 4.39 Å². The highest BCUT2D eigenvalue weighted by Crippen LogP contribution is 2.30. The fourth-order valence-corrected chi connectivity index (χ4v) is 3.40. The summed E-state index contributed by atoms with van der Waals surface area (Å²) in [4.78, 5) is 17.3. The van der Waals surface area contributed by atoms with Crippen LogP contribution in [0.2, 0.25) is 0 Å². The zero-order chi connectivity index (χ0) is 19.4. The molecule has 0 N–H and O–H groups in total. The Balaban J connectivity index is 1.71. The molecule has 144 valence electrons. The van der Waals surface area contributed by atoms with Crippen molar-refractivity contribution in [3.05, 3.63) is 71.0 Å². The highest BCUT2D eigenvalue weighted by molar-refractivity contribution is 5.94. The van der Waals surface area contributed by atoms with Gasteiger partial charge < -0.3 is 4.90 Å². The average Bonchev–Trinajstić information content (AvgIpc) is 3.49. The zero-order valence-corrected chi connectivity index (χ0v) is 16.5. The molecule has 0 saturated heterocycles. The number of carbonyl (C=O) groups is 1. The summed E-state index contributed by atoms with van der Waals surface area (Å²) in [5.74, 6) is -0.227. The minimum atomic E-state index is -0.259. The van der Waals surface area contributed by atoms with E-state index in [0.717, 1.165) is 31.5 Å². The fraction of sp³-hybridized carbons (Fsp3) is 0.435. The number of nitrogens with zero attached hydrogens (tertiary/aromatic N) is 2. The first-order valence-electron chi connectivity index (χ1n) is 9.86. The second kappa shape index (κ2) is 8.66. The minimum absolute atomic E-state index is 0.0320. The fourth-order valence-electron chi connectivity index (χ4n) is 3.40. The second-order valence-corrected chi connectivity index (χ2v) is 7.65. The van der Waals surface area contributed by atoms with E-state index in [1.54, 1.807) is 6.07 Å². The number of carbonyl (C=O) groups excluding carboxylic acids is 1. The molecule has 3 rings (SSSR count). The topological polar surface area (TPSA) is 23.6 Å². The van der Waals surface area contributed by atoms with Crippen LogP contribution in [0.25, 0.3) is 0 Å². The molecule has 27 heavy (non-hydrogen) atoms. The number of hydrogen-bond acceptors (Lipinski definition) is 2. The van der Waals surface area contributed by atoms with Crippen molar-refractivity contribution in [2.24, 2.45) is 0 Å². The molecule has 0 heterocycles. The van der Waals surface area contributed by atoms with E-state index in [9.17, 15) is 9.18 Å². The predicted octanol–water partition coefficient (Wildman–Crippen LogP) is 4.86. The molecule has 0 atom stereocenters. The Hall–Kier alpha value is -2.20. The van der Waals surface area contributed by atoms with Crippen LogP contribution >= 0.6 is 0 Å². The maximum absolute atomic E-state index is 13.5. The molecular weight excluding hydrogens is 339 g/mol. The Labute approximate surface area is 161 Å². The molecule has 0 radical (unpaired) electrons. The first-order chi connectivity index (χ1) is 13.0. The number of rotatable bonds is 8. The maximum Gasteiger partial charge on any atom is 0.254 e. The number of halogens is 1. The largest absolute Gasteiger partial charge is 0.331 e. The van der Waals surface area contributed by atoms with Crippen molar-refractivity contribution in [2.45, 2.75) is 58.8 Å². The van der Waals surface area contributed by atoms with E-state index >= 15 is 0 Å². The highest BCUT2D eigenvalue weighted by atomic mass is 19.1. The van der Waals surface area contributed by atoms with Crippen LogP contribution in [-0.4, -0.2) is 34.3 Å². The van der Waals surface area contributed by atoms with Crippen LogP contribution in [0.5, 0.6) is 0 Å². The summed E-state index contributed by atoms with van der Waals surface area (Å²) in [7, 11) is 0. The molecule has 3 nitrogen and oxygen atoms in total. The summed E-state index contributed by atoms with van der Waals surface area (Å²) in [6, 6.07) is 15.2. The minimum Gasteiger partial charge on any atom is -0.331 e. The molecule has 1 amide bonds. The summed E-state index contributed by atoms with van der Waals surface area (Å²) < 4.78 is 13.5. The molecule has 1 saturated carbocycles. The molecule has 0 aliphatic heterocycles. The third-order valence-corrected chi connectivity index (χ3v) is 5.21. The Morgan fingerprint density at radius 2 is 1.78 bits per heavy atom. The summed E-state index contributed by atoms with van der Waals surface area (Å²) in [6.45, 7) is 8.90. The van der Waals surface area contributed by atoms with Crippen LogP contribution in [0.1, 0.15) is 55.1 Å². The van der Waals surface area contributed by atoms with Gasteiger partial charge in [-0.2, -0.15) is 0 Å². The standard InChI is InChI=1S/C23H29FN2O/c1-4-25(17(2)3)15-18-8-10-20(11-9-18)23(27)26(22-12-13-22)16-19-6-5-7-21(24)14-19/h5-11,14,17,22H,4,12-13,15-16H2,1-3H3.